The normalized spacial score (nSPS) is 14.3. The summed E-state index contributed by atoms with van der Waals surface area (Å²) in [7, 11) is 0. The molecule has 3 nitrogen and oxygen atoms in total. The van der Waals surface area contributed by atoms with Gasteiger partial charge in [-0.3, -0.25) is 9.59 Å². The maximum atomic E-state index is 12.5. The van der Waals surface area contributed by atoms with Crippen molar-refractivity contribution in [2.45, 2.75) is 45.4 Å². The van der Waals surface area contributed by atoms with E-state index in [1.54, 1.807) is 24.3 Å². The summed E-state index contributed by atoms with van der Waals surface area (Å²) in [5.41, 5.74) is 1.36. The lowest BCUT2D eigenvalue weighted by molar-refractivity contribution is 0.0976. The van der Waals surface area contributed by atoms with Crippen LogP contribution in [0.4, 0.5) is 0 Å². The van der Waals surface area contributed by atoms with E-state index in [0.29, 0.717) is 21.3 Å². The van der Waals surface area contributed by atoms with E-state index in [-0.39, 0.29) is 11.6 Å². The molecule has 0 saturated carbocycles. The summed E-state index contributed by atoms with van der Waals surface area (Å²) in [6, 6.07) is 6.97. The molecule has 0 amide bonds. The van der Waals surface area contributed by atoms with Gasteiger partial charge in [-0.25, -0.2) is 0 Å². The van der Waals surface area contributed by atoms with E-state index >= 15 is 0 Å². The number of hydrogen-bond donors (Lipinski definition) is 1. The maximum absolute atomic E-state index is 12.5. The van der Waals surface area contributed by atoms with E-state index in [4.69, 9.17) is 0 Å². The molecule has 0 spiro atoms. The van der Waals surface area contributed by atoms with Crippen LogP contribution >= 0.6 is 15.9 Å². The second-order valence-corrected chi connectivity index (χ2v) is 6.38. The molecule has 0 aliphatic heterocycles. The molecule has 1 aromatic rings. The molecule has 0 radical (unpaired) electrons. The molecule has 1 aromatic carbocycles. The van der Waals surface area contributed by atoms with Crippen LogP contribution in [0, 0.1) is 0 Å². The molecular weight excluding hydrogens is 342 g/mol. The van der Waals surface area contributed by atoms with Gasteiger partial charge < -0.3 is 5.32 Å². The number of nitrogens with one attached hydrogen (secondary N) is 1. The van der Waals surface area contributed by atoms with Gasteiger partial charge in [-0.05, 0) is 22.4 Å². The van der Waals surface area contributed by atoms with Gasteiger partial charge in [0.25, 0.3) is 0 Å². The van der Waals surface area contributed by atoms with Crippen LogP contribution < -0.4 is 5.32 Å². The highest BCUT2D eigenvalue weighted by molar-refractivity contribution is 9.12. The van der Waals surface area contributed by atoms with Gasteiger partial charge >= 0.3 is 0 Å². The molecule has 0 heterocycles. The zero-order valence-corrected chi connectivity index (χ0v) is 14.5. The number of carbonyl (C=O) groups is 2. The predicted molar refractivity (Wildman–Crippen MR) is 92.4 cm³/mol. The Balaban J connectivity index is 1.92. The van der Waals surface area contributed by atoms with Crippen LogP contribution in [0.25, 0.3) is 0 Å². The van der Waals surface area contributed by atoms with Crippen molar-refractivity contribution >= 4 is 27.5 Å². The highest BCUT2D eigenvalue weighted by atomic mass is 79.9. The van der Waals surface area contributed by atoms with E-state index in [0.717, 1.165) is 19.4 Å². The van der Waals surface area contributed by atoms with Crippen LogP contribution in [0.15, 0.2) is 34.4 Å². The third-order valence-electron chi connectivity index (χ3n) is 3.89. The smallest absolute Gasteiger partial charge is 0.210 e. The lowest BCUT2D eigenvalue weighted by Crippen LogP contribution is -2.29. The molecule has 118 valence electrons. The molecule has 0 aromatic heterocycles. The molecule has 0 unspecified atom stereocenters. The summed E-state index contributed by atoms with van der Waals surface area (Å²) < 4.78 is 0.349. The van der Waals surface area contributed by atoms with Gasteiger partial charge in [-0.1, -0.05) is 63.3 Å². The van der Waals surface area contributed by atoms with Crippen molar-refractivity contribution in [3.05, 3.63) is 45.6 Å². The molecule has 1 aliphatic rings. The molecule has 0 fully saturated rings. The topological polar surface area (TPSA) is 46.2 Å². The molecule has 22 heavy (non-hydrogen) atoms. The minimum absolute atomic E-state index is 0.104. The molecule has 0 bridgehead atoms. The Morgan fingerprint density at radius 1 is 0.909 bits per heavy atom. The Morgan fingerprint density at radius 2 is 1.50 bits per heavy atom. The van der Waals surface area contributed by atoms with Crippen molar-refractivity contribution in [1.29, 1.82) is 0 Å². The molecule has 1 N–H and O–H groups in total. The first kappa shape index (κ1) is 16.9. The summed E-state index contributed by atoms with van der Waals surface area (Å²) in [6.45, 7) is 2.92. The van der Waals surface area contributed by atoms with Crippen molar-refractivity contribution in [3.63, 3.8) is 0 Å². The number of Topliss-reactive ketones (excluding diaryl/α,β-unsaturated/α-hetero) is 2. The third kappa shape index (κ3) is 3.86. The van der Waals surface area contributed by atoms with Crippen molar-refractivity contribution < 1.29 is 9.59 Å². The number of fused-ring (bicyclic) bond motifs is 1. The average molecular weight is 364 g/mol. The lowest BCUT2D eigenvalue weighted by atomic mass is 9.92. The van der Waals surface area contributed by atoms with Crippen molar-refractivity contribution in [2.24, 2.45) is 0 Å². The highest BCUT2D eigenvalue weighted by Crippen LogP contribution is 2.28. The molecule has 0 atom stereocenters. The zero-order chi connectivity index (χ0) is 15.9. The van der Waals surface area contributed by atoms with Crippen LogP contribution in [0.2, 0.25) is 0 Å². The zero-order valence-electron chi connectivity index (χ0n) is 13.0. The second-order valence-electron chi connectivity index (χ2n) is 5.59. The number of unbranched alkanes of at least 4 members (excludes halogenated alkanes) is 5. The standard InChI is InChI=1S/C18H22BrNO2/c1-2-3-4-5-6-9-12-20-16-15(19)17(21)13-10-7-8-11-14(13)18(16)22/h7-8,10-11,20H,2-6,9,12H2,1H3. The van der Waals surface area contributed by atoms with E-state index in [1.807, 2.05) is 0 Å². The van der Waals surface area contributed by atoms with E-state index in [2.05, 4.69) is 28.2 Å². The van der Waals surface area contributed by atoms with Gasteiger partial charge in [-0.15, -0.1) is 0 Å². The van der Waals surface area contributed by atoms with Gasteiger partial charge in [0.15, 0.2) is 0 Å². The monoisotopic (exact) mass is 363 g/mol. The number of benzene rings is 1. The van der Waals surface area contributed by atoms with Crippen molar-refractivity contribution in [3.8, 4) is 0 Å². The first-order chi connectivity index (χ1) is 10.7. The van der Waals surface area contributed by atoms with Gasteiger partial charge in [-0.2, -0.15) is 0 Å². The van der Waals surface area contributed by atoms with Gasteiger partial charge in [0.1, 0.15) is 5.70 Å². The van der Waals surface area contributed by atoms with Crippen molar-refractivity contribution in [1.82, 2.24) is 5.32 Å². The lowest BCUT2D eigenvalue weighted by Gasteiger charge is -2.19. The Morgan fingerprint density at radius 3 is 2.18 bits per heavy atom. The summed E-state index contributed by atoms with van der Waals surface area (Å²) in [6.07, 6.45) is 7.19. The van der Waals surface area contributed by atoms with Gasteiger partial charge in [0.2, 0.25) is 11.6 Å². The van der Waals surface area contributed by atoms with Gasteiger partial charge in [0, 0.05) is 17.7 Å². The fraction of sp³-hybridized carbons (Fsp3) is 0.444. The summed E-state index contributed by atoms with van der Waals surface area (Å²) in [5.74, 6) is -0.228. The quantitative estimate of drug-likeness (QED) is 0.685. The summed E-state index contributed by atoms with van der Waals surface area (Å²) >= 11 is 3.28. The van der Waals surface area contributed by atoms with Crippen LogP contribution in [0.5, 0.6) is 0 Å². The molecule has 1 aliphatic carbocycles. The number of rotatable bonds is 8. The third-order valence-corrected chi connectivity index (χ3v) is 4.65. The first-order valence-electron chi connectivity index (χ1n) is 7.99. The predicted octanol–water partition coefficient (Wildman–Crippen LogP) is 4.62. The van der Waals surface area contributed by atoms with Crippen molar-refractivity contribution in [2.75, 3.05) is 6.54 Å². The summed E-state index contributed by atoms with van der Waals surface area (Å²) in [5, 5.41) is 3.15. The highest BCUT2D eigenvalue weighted by Gasteiger charge is 2.30. The van der Waals surface area contributed by atoms with Crippen LogP contribution in [0.3, 0.4) is 0 Å². The number of carbonyl (C=O) groups excluding carboxylic acids is 2. The Kier molecular flexibility index (Phi) is 6.37. The van der Waals surface area contributed by atoms with E-state index < -0.39 is 0 Å². The molecule has 0 saturated heterocycles. The minimum atomic E-state index is -0.124. The molecular formula is C18H22BrNO2. The molecule has 2 rings (SSSR count). The number of ketones is 2. The van der Waals surface area contributed by atoms with Crippen LogP contribution in [0.1, 0.15) is 66.2 Å². The Labute approximate surface area is 140 Å². The number of allylic oxidation sites excluding steroid dienone is 2. The number of halogens is 1. The van der Waals surface area contributed by atoms with E-state index in [9.17, 15) is 9.59 Å². The maximum Gasteiger partial charge on any atom is 0.210 e. The molecule has 4 heteroatoms. The van der Waals surface area contributed by atoms with Crippen LogP contribution in [-0.2, 0) is 0 Å². The fourth-order valence-electron chi connectivity index (χ4n) is 2.62. The second kappa shape index (κ2) is 8.28. The fourth-order valence-corrected chi connectivity index (χ4v) is 3.16. The van der Waals surface area contributed by atoms with Crippen LogP contribution in [-0.4, -0.2) is 18.1 Å². The minimum Gasteiger partial charge on any atom is -0.381 e. The SMILES string of the molecule is CCCCCCCCNC1=C(Br)C(=O)c2ccccc2C1=O. The Bertz CT molecular complexity index is 593. The average Bonchev–Trinajstić information content (AvgIpc) is 2.54. The first-order valence-corrected chi connectivity index (χ1v) is 8.78. The van der Waals surface area contributed by atoms with E-state index in [1.165, 1.54) is 25.7 Å². The number of hydrogen-bond acceptors (Lipinski definition) is 3. The summed E-state index contributed by atoms with van der Waals surface area (Å²) in [4.78, 5) is 24.8. The Hall–Kier alpha value is -1.42. The van der Waals surface area contributed by atoms with Gasteiger partial charge in [0.05, 0.1) is 4.48 Å². The largest absolute Gasteiger partial charge is 0.381 e.